The molecule has 0 saturated carbocycles. The van der Waals surface area contributed by atoms with Gasteiger partial charge in [-0.2, -0.15) is 0 Å². The van der Waals surface area contributed by atoms with Gasteiger partial charge in [-0.25, -0.2) is 9.97 Å². The van der Waals surface area contributed by atoms with E-state index in [2.05, 4.69) is 40.1 Å². The van der Waals surface area contributed by atoms with E-state index in [0.29, 0.717) is 0 Å². The van der Waals surface area contributed by atoms with Crippen LogP contribution >= 0.6 is 0 Å². The van der Waals surface area contributed by atoms with Crippen LogP contribution in [0.3, 0.4) is 0 Å². The number of hydrogen-bond donors (Lipinski definition) is 1. The molecule has 0 bridgehead atoms. The van der Waals surface area contributed by atoms with Gasteiger partial charge in [0.25, 0.3) is 0 Å². The smallest absolute Gasteiger partial charge is 0.132 e. The Morgan fingerprint density at radius 2 is 2.00 bits per heavy atom. The van der Waals surface area contributed by atoms with Crippen LogP contribution < -0.4 is 10.2 Å². The van der Waals surface area contributed by atoms with Crippen LogP contribution in [-0.4, -0.2) is 36.1 Å². The molecule has 1 aromatic heterocycles. The zero-order valence-electron chi connectivity index (χ0n) is 10.6. The minimum Gasteiger partial charge on any atom is -0.356 e. The zero-order chi connectivity index (χ0) is 11.8. The Labute approximate surface area is 102 Å². The highest BCUT2D eigenvalue weighted by atomic mass is 15.2. The number of anilines is 1. The molecule has 2 aliphatic rings. The van der Waals surface area contributed by atoms with E-state index in [1.807, 2.05) is 0 Å². The normalized spacial score (nSPS) is 27.5. The molecule has 3 heterocycles. The first-order chi connectivity index (χ1) is 8.26. The summed E-state index contributed by atoms with van der Waals surface area (Å²) >= 11 is 0. The lowest BCUT2D eigenvalue weighted by Crippen LogP contribution is -2.26. The molecule has 3 rings (SSSR count). The number of nitrogens with zero attached hydrogens (tertiary/aromatic N) is 3. The summed E-state index contributed by atoms with van der Waals surface area (Å²) in [6.45, 7) is 8.82. The summed E-state index contributed by atoms with van der Waals surface area (Å²) in [5, 5.41) is 3.47. The van der Waals surface area contributed by atoms with Gasteiger partial charge in [-0.1, -0.05) is 6.92 Å². The van der Waals surface area contributed by atoms with Crippen molar-refractivity contribution >= 4 is 5.82 Å². The van der Waals surface area contributed by atoms with Crippen LogP contribution in [0.5, 0.6) is 0 Å². The Kier molecular flexibility index (Phi) is 2.74. The average molecular weight is 232 g/mol. The summed E-state index contributed by atoms with van der Waals surface area (Å²) in [4.78, 5) is 11.5. The molecule has 2 aliphatic heterocycles. The lowest BCUT2D eigenvalue weighted by molar-refractivity contribution is 0.533. The Morgan fingerprint density at radius 3 is 2.65 bits per heavy atom. The number of aryl methyl sites for hydroxylation is 2. The lowest BCUT2D eigenvalue weighted by Gasteiger charge is -2.19. The van der Waals surface area contributed by atoms with E-state index < -0.39 is 0 Å². The topological polar surface area (TPSA) is 41.1 Å². The monoisotopic (exact) mass is 232 g/mol. The maximum atomic E-state index is 4.66. The molecule has 4 nitrogen and oxygen atoms in total. The number of fused-ring (bicyclic) bond motifs is 1. The molecule has 0 unspecified atom stereocenters. The molecular formula is C13H20N4. The van der Waals surface area contributed by atoms with Gasteiger partial charge in [-0.15, -0.1) is 0 Å². The van der Waals surface area contributed by atoms with E-state index in [-0.39, 0.29) is 0 Å². The third-order valence-corrected chi connectivity index (χ3v) is 3.92. The van der Waals surface area contributed by atoms with Crippen LogP contribution in [0.4, 0.5) is 5.82 Å². The van der Waals surface area contributed by atoms with Crippen molar-refractivity contribution in [3.63, 3.8) is 0 Å². The minimum absolute atomic E-state index is 0.815. The molecule has 2 atom stereocenters. The first-order valence-electron chi connectivity index (χ1n) is 6.56. The Hall–Kier alpha value is -1.16. The van der Waals surface area contributed by atoms with Crippen molar-refractivity contribution in [3.05, 3.63) is 17.6 Å². The standard InChI is InChI=1S/C13H20N4/c1-3-12-15-9(2)4-13(16-12)17-7-10-5-14-6-11(10)8-17/h4,10-11,14H,3,5-8H2,1-2H3/t10-,11+. The van der Waals surface area contributed by atoms with Gasteiger partial charge in [0.2, 0.25) is 0 Å². The summed E-state index contributed by atoms with van der Waals surface area (Å²) in [7, 11) is 0. The largest absolute Gasteiger partial charge is 0.356 e. The molecule has 0 aliphatic carbocycles. The number of nitrogens with one attached hydrogen (secondary N) is 1. The molecule has 1 N–H and O–H groups in total. The maximum Gasteiger partial charge on any atom is 0.132 e. The van der Waals surface area contributed by atoms with Crippen LogP contribution in [0.2, 0.25) is 0 Å². The molecule has 0 spiro atoms. The van der Waals surface area contributed by atoms with Crippen molar-refractivity contribution in [2.24, 2.45) is 11.8 Å². The van der Waals surface area contributed by atoms with Crippen molar-refractivity contribution in [1.29, 1.82) is 0 Å². The highest BCUT2D eigenvalue weighted by Crippen LogP contribution is 2.29. The van der Waals surface area contributed by atoms with Crippen LogP contribution in [0, 0.1) is 18.8 Å². The number of aromatic nitrogens is 2. The molecule has 92 valence electrons. The minimum atomic E-state index is 0.815. The number of rotatable bonds is 2. The molecule has 17 heavy (non-hydrogen) atoms. The van der Waals surface area contributed by atoms with Gasteiger partial charge in [0.15, 0.2) is 0 Å². The van der Waals surface area contributed by atoms with E-state index in [1.165, 1.54) is 13.1 Å². The molecule has 0 amide bonds. The second-order valence-electron chi connectivity index (χ2n) is 5.22. The van der Waals surface area contributed by atoms with Crippen LogP contribution in [0.1, 0.15) is 18.4 Å². The van der Waals surface area contributed by atoms with Gasteiger partial charge in [0, 0.05) is 44.4 Å². The molecule has 0 aromatic carbocycles. The third-order valence-electron chi connectivity index (χ3n) is 3.92. The molecule has 4 heteroatoms. The second kappa shape index (κ2) is 4.26. The van der Waals surface area contributed by atoms with Crippen molar-refractivity contribution < 1.29 is 0 Å². The van der Waals surface area contributed by atoms with Crippen LogP contribution in [0.15, 0.2) is 6.07 Å². The van der Waals surface area contributed by atoms with E-state index >= 15 is 0 Å². The van der Waals surface area contributed by atoms with Crippen molar-refractivity contribution in [2.75, 3.05) is 31.1 Å². The second-order valence-corrected chi connectivity index (χ2v) is 5.22. The van der Waals surface area contributed by atoms with Crippen molar-refractivity contribution in [3.8, 4) is 0 Å². The van der Waals surface area contributed by atoms with Crippen molar-refractivity contribution in [1.82, 2.24) is 15.3 Å². The van der Waals surface area contributed by atoms with Crippen LogP contribution in [-0.2, 0) is 6.42 Å². The van der Waals surface area contributed by atoms with Gasteiger partial charge in [0.05, 0.1) is 0 Å². The maximum absolute atomic E-state index is 4.66. The Morgan fingerprint density at radius 1 is 1.29 bits per heavy atom. The predicted molar refractivity (Wildman–Crippen MR) is 68.2 cm³/mol. The summed E-state index contributed by atoms with van der Waals surface area (Å²) in [5.74, 6) is 3.73. The quantitative estimate of drug-likeness (QED) is 0.826. The van der Waals surface area contributed by atoms with Gasteiger partial charge >= 0.3 is 0 Å². The van der Waals surface area contributed by atoms with Gasteiger partial charge in [-0.3, -0.25) is 0 Å². The zero-order valence-corrected chi connectivity index (χ0v) is 10.6. The molecular weight excluding hydrogens is 212 g/mol. The van der Waals surface area contributed by atoms with E-state index in [0.717, 1.165) is 48.7 Å². The van der Waals surface area contributed by atoms with Gasteiger partial charge in [0.1, 0.15) is 11.6 Å². The van der Waals surface area contributed by atoms with E-state index in [9.17, 15) is 0 Å². The summed E-state index contributed by atoms with van der Waals surface area (Å²) in [5.41, 5.74) is 1.09. The fourth-order valence-electron chi connectivity index (χ4n) is 2.97. The predicted octanol–water partition coefficient (Wildman–Crippen LogP) is 1.00. The lowest BCUT2D eigenvalue weighted by atomic mass is 10.0. The molecule has 2 fully saturated rings. The summed E-state index contributed by atoms with van der Waals surface area (Å²) in [6, 6.07) is 2.12. The molecule has 2 saturated heterocycles. The van der Waals surface area contributed by atoms with Crippen molar-refractivity contribution in [2.45, 2.75) is 20.3 Å². The first kappa shape index (κ1) is 11.0. The van der Waals surface area contributed by atoms with Gasteiger partial charge in [-0.05, 0) is 18.8 Å². The van der Waals surface area contributed by atoms with E-state index in [1.54, 1.807) is 0 Å². The van der Waals surface area contributed by atoms with E-state index in [4.69, 9.17) is 0 Å². The Bertz CT molecular complexity index is 406. The highest BCUT2D eigenvalue weighted by molar-refractivity contribution is 5.41. The summed E-state index contributed by atoms with van der Waals surface area (Å²) in [6.07, 6.45) is 0.914. The highest BCUT2D eigenvalue weighted by Gasteiger charge is 2.36. The van der Waals surface area contributed by atoms with Crippen LogP contribution in [0.25, 0.3) is 0 Å². The molecule has 0 radical (unpaired) electrons. The molecule has 1 aromatic rings. The average Bonchev–Trinajstić information content (AvgIpc) is 2.88. The fraction of sp³-hybridized carbons (Fsp3) is 0.692. The summed E-state index contributed by atoms with van der Waals surface area (Å²) < 4.78 is 0. The third kappa shape index (κ3) is 2.02. The SMILES string of the molecule is CCc1nc(C)cc(N2C[C@H]3CNC[C@H]3C2)n1. The number of hydrogen-bond acceptors (Lipinski definition) is 4. The van der Waals surface area contributed by atoms with Gasteiger partial charge < -0.3 is 10.2 Å². The first-order valence-corrected chi connectivity index (χ1v) is 6.56. The Balaban J connectivity index is 1.82. The fourth-order valence-corrected chi connectivity index (χ4v) is 2.97.